The van der Waals surface area contributed by atoms with Crippen LogP contribution in [0, 0.1) is 26.7 Å². The molecule has 1 aromatic heterocycles. The molecule has 0 aliphatic carbocycles. The molecular weight excluding hydrogens is 298 g/mol. The molecule has 2 heterocycles. The number of pyridine rings is 1. The van der Waals surface area contributed by atoms with Gasteiger partial charge < -0.3 is 10.0 Å². The number of hydrogen-bond acceptors (Lipinski definition) is 3. The Balaban J connectivity index is 1.98. The molecule has 0 saturated carbocycles. The van der Waals surface area contributed by atoms with E-state index >= 15 is 0 Å². The van der Waals surface area contributed by atoms with Gasteiger partial charge in [0.15, 0.2) is 0 Å². The third-order valence-electron chi connectivity index (χ3n) is 4.32. The fourth-order valence-electron chi connectivity index (χ4n) is 2.95. The minimum absolute atomic E-state index is 0.270. The van der Waals surface area contributed by atoms with E-state index in [2.05, 4.69) is 22.9 Å². The third kappa shape index (κ3) is 4.86. The van der Waals surface area contributed by atoms with Gasteiger partial charge in [0, 0.05) is 36.2 Å². The van der Waals surface area contributed by atoms with E-state index in [9.17, 15) is 8.78 Å². The maximum atomic E-state index is 13.2. The first kappa shape index (κ1) is 17.6. The van der Waals surface area contributed by atoms with Gasteiger partial charge in [0.05, 0.1) is 0 Å². The van der Waals surface area contributed by atoms with E-state index in [4.69, 9.17) is 5.11 Å². The quantitative estimate of drug-likeness (QED) is 0.854. The highest BCUT2D eigenvalue weighted by Gasteiger charge is 2.20. The minimum Gasteiger partial charge on any atom is -0.371 e. The molecule has 1 aliphatic heterocycles. The molecule has 1 fully saturated rings. The van der Waals surface area contributed by atoms with E-state index in [1.54, 1.807) is 6.08 Å². The molecule has 1 aliphatic rings. The number of piperidine rings is 1. The zero-order valence-corrected chi connectivity index (χ0v) is 13.9. The Kier molecular flexibility index (Phi) is 5.88. The fraction of sp³-hybridized carbons (Fsp3) is 0.500. The fourth-order valence-corrected chi connectivity index (χ4v) is 2.95. The summed E-state index contributed by atoms with van der Waals surface area (Å²) in [7, 11) is 0. The second kappa shape index (κ2) is 7.68. The Hall–Kier alpha value is -1.75. The first-order valence-electron chi connectivity index (χ1n) is 7.94. The van der Waals surface area contributed by atoms with Crippen molar-refractivity contribution in [3.05, 3.63) is 47.1 Å². The van der Waals surface area contributed by atoms with Crippen LogP contribution in [0.5, 0.6) is 0 Å². The number of aromatic nitrogens is 1. The predicted molar refractivity (Wildman–Crippen MR) is 88.8 cm³/mol. The Bertz CT molecular complexity index is 603. The minimum atomic E-state index is -2.25. The lowest BCUT2D eigenvalue weighted by Crippen LogP contribution is -2.33. The summed E-state index contributed by atoms with van der Waals surface area (Å²) in [6, 6.07) is 2.11. The average Bonchev–Trinajstić information content (AvgIpc) is 2.49. The van der Waals surface area contributed by atoms with Gasteiger partial charge in [-0.25, -0.2) is 8.78 Å². The van der Waals surface area contributed by atoms with Crippen molar-refractivity contribution in [3.63, 3.8) is 0 Å². The van der Waals surface area contributed by atoms with Crippen LogP contribution in [0.15, 0.2) is 30.1 Å². The molecular formula is C18H24F2N2O. The number of halogens is 2. The highest BCUT2D eigenvalue weighted by atomic mass is 19.1. The van der Waals surface area contributed by atoms with Gasteiger partial charge in [0.2, 0.25) is 6.36 Å². The lowest BCUT2D eigenvalue weighted by Gasteiger charge is -2.34. The second-order valence-electron chi connectivity index (χ2n) is 6.10. The first-order chi connectivity index (χ1) is 10.9. The van der Waals surface area contributed by atoms with Gasteiger partial charge >= 0.3 is 0 Å². The first-order valence-corrected chi connectivity index (χ1v) is 7.94. The van der Waals surface area contributed by atoms with Crippen molar-refractivity contribution in [1.82, 2.24) is 4.98 Å². The largest absolute Gasteiger partial charge is 0.371 e. The SMILES string of the molecule is Cc1cc(N2CCC(/C=C\C(F)=C/C(O)F)CC2)c(C)c(C)n1. The number of allylic oxidation sites excluding steroid dienone is 3. The van der Waals surface area contributed by atoms with E-state index in [0.717, 1.165) is 37.3 Å². The Morgan fingerprint density at radius 1 is 1.35 bits per heavy atom. The van der Waals surface area contributed by atoms with Crippen LogP contribution in [0.1, 0.15) is 29.8 Å². The van der Waals surface area contributed by atoms with Crippen LogP contribution >= 0.6 is 0 Å². The molecule has 1 unspecified atom stereocenters. The summed E-state index contributed by atoms with van der Waals surface area (Å²) in [5, 5.41) is 8.46. The van der Waals surface area contributed by atoms with Crippen LogP contribution in [0.3, 0.4) is 0 Å². The highest BCUT2D eigenvalue weighted by molar-refractivity contribution is 5.55. The summed E-state index contributed by atoms with van der Waals surface area (Å²) in [5.74, 6) is -0.467. The van der Waals surface area contributed by atoms with Crippen LogP contribution in [0.2, 0.25) is 0 Å². The topological polar surface area (TPSA) is 36.4 Å². The molecule has 0 bridgehead atoms. The zero-order chi connectivity index (χ0) is 17.0. The van der Waals surface area contributed by atoms with Gasteiger partial charge in [-0.15, -0.1) is 0 Å². The number of rotatable bonds is 4. The van der Waals surface area contributed by atoms with E-state index in [0.29, 0.717) is 6.08 Å². The van der Waals surface area contributed by atoms with Crippen LogP contribution in [-0.4, -0.2) is 29.5 Å². The molecule has 1 aromatic rings. The van der Waals surface area contributed by atoms with E-state index < -0.39 is 12.2 Å². The number of aryl methyl sites for hydroxylation is 2. The summed E-state index contributed by atoms with van der Waals surface area (Å²) in [6.45, 7) is 7.91. The van der Waals surface area contributed by atoms with Gasteiger partial charge in [-0.1, -0.05) is 6.08 Å². The Labute approximate surface area is 136 Å². The van der Waals surface area contributed by atoms with Gasteiger partial charge in [0.25, 0.3) is 0 Å². The molecule has 23 heavy (non-hydrogen) atoms. The van der Waals surface area contributed by atoms with Gasteiger partial charge in [-0.05, 0) is 57.2 Å². The average molecular weight is 322 g/mol. The van der Waals surface area contributed by atoms with E-state index in [1.165, 1.54) is 17.3 Å². The monoisotopic (exact) mass is 322 g/mol. The summed E-state index contributed by atoms with van der Waals surface area (Å²) >= 11 is 0. The van der Waals surface area contributed by atoms with Gasteiger partial charge in [0.1, 0.15) is 5.83 Å². The molecule has 1 atom stereocenters. The van der Waals surface area contributed by atoms with Crippen molar-refractivity contribution in [3.8, 4) is 0 Å². The summed E-state index contributed by atoms with van der Waals surface area (Å²) in [6.07, 6.45) is 3.15. The number of hydrogen-bond donors (Lipinski definition) is 1. The van der Waals surface area contributed by atoms with Crippen molar-refractivity contribution in [2.45, 2.75) is 40.0 Å². The maximum absolute atomic E-state index is 13.2. The summed E-state index contributed by atoms with van der Waals surface area (Å²) in [4.78, 5) is 6.83. The van der Waals surface area contributed by atoms with Crippen molar-refractivity contribution < 1.29 is 13.9 Å². The van der Waals surface area contributed by atoms with Gasteiger partial charge in [-0.3, -0.25) is 4.98 Å². The molecule has 5 heteroatoms. The van der Waals surface area contributed by atoms with Crippen LogP contribution in [-0.2, 0) is 0 Å². The van der Waals surface area contributed by atoms with E-state index in [1.807, 2.05) is 13.8 Å². The Morgan fingerprint density at radius 2 is 2.00 bits per heavy atom. The predicted octanol–water partition coefficient (Wildman–Crippen LogP) is 3.92. The maximum Gasteiger partial charge on any atom is 0.218 e. The molecule has 3 nitrogen and oxygen atoms in total. The normalized spacial score (nSPS) is 18.7. The number of aliphatic hydroxyl groups excluding tert-OH is 1. The summed E-state index contributed by atoms with van der Waals surface area (Å²) < 4.78 is 25.5. The molecule has 0 radical (unpaired) electrons. The van der Waals surface area contributed by atoms with E-state index in [-0.39, 0.29) is 5.92 Å². The second-order valence-corrected chi connectivity index (χ2v) is 6.10. The smallest absolute Gasteiger partial charge is 0.218 e. The number of aliphatic hydroxyl groups is 1. The third-order valence-corrected chi connectivity index (χ3v) is 4.32. The molecule has 0 spiro atoms. The molecule has 1 saturated heterocycles. The van der Waals surface area contributed by atoms with Crippen LogP contribution < -0.4 is 4.90 Å². The van der Waals surface area contributed by atoms with Crippen LogP contribution in [0.25, 0.3) is 0 Å². The van der Waals surface area contributed by atoms with Crippen molar-refractivity contribution in [2.24, 2.45) is 5.92 Å². The summed E-state index contributed by atoms with van der Waals surface area (Å²) in [5.41, 5.74) is 4.50. The lowest BCUT2D eigenvalue weighted by atomic mass is 9.95. The molecule has 0 aromatic carbocycles. The van der Waals surface area contributed by atoms with Gasteiger partial charge in [-0.2, -0.15) is 0 Å². The molecule has 126 valence electrons. The van der Waals surface area contributed by atoms with Crippen molar-refractivity contribution in [2.75, 3.05) is 18.0 Å². The number of alkyl halides is 1. The van der Waals surface area contributed by atoms with Crippen LogP contribution in [0.4, 0.5) is 14.5 Å². The molecule has 0 amide bonds. The molecule has 1 N–H and O–H groups in total. The Morgan fingerprint density at radius 3 is 2.61 bits per heavy atom. The number of nitrogens with zero attached hydrogens (tertiary/aromatic N) is 2. The number of anilines is 1. The standard InChI is InChI=1S/C18H24F2N2O/c1-12-10-17(13(2)14(3)21-12)22-8-6-15(7-9-22)4-5-16(19)11-18(20)23/h4-5,10-11,15,18,23H,6-9H2,1-3H3/b5-4-,16-11+. The van der Waals surface area contributed by atoms with Crippen molar-refractivity contribution in [1.29, 1.82) is 0 Å². The highest BCUT2D eigenvalue weighted by Crippen LogP contribution is 2.28. The molecule has 2 rings (SSSR count). The lowest BCUT2D eigenvalue weighted by molar-refractivity contribution is 0.0866. The zero-order valence-electron chi connectivity index (χ0n) is 13.9. The van der Waals surface area contributed by atoms with Crippen molar-refractivity contribution >= 4 is 5.69 Å².